The van der Waals surface area contributed by atoms with Crippen molar-refractivity contribution in [3.63, 3.8) is 0 Å². The number of hydrogen-bond donors (Lipinski definition) is 0. The van der Waals surface area contributed by atoms with Crippen LogP contribution in [0.2, 0.25) is 5.02 Å². The zero-order valence-corrected chi connectivity index (χ0v) is 12.9. The van der Waals surface area contributed by atoms with E-state index in [0.717, 1.165) is 28.0 Å². The standard InChI is InChI=1S/C15H14BrClO2/c1-18-13-7-6-11(9-16)15(8-13)19-10-12-4-2-3-5-14(12)17/h2-8H,9-10H2,1H3. The van der Waals surface area contributed by atoms with E-state index in [9.17, 15) is 0 Å². The summed E-state index contributed by atoms with van der Waals surface area (Å²) in [5.41, 5.74) is 2.04. The number of methoxy groups -OCH3 is 1. The van der Waals surface area contributed by atoms with Crippen LogP contribution in [0.15, 0.2) is 42.5 Å². The minimum atomic E-state index is 0.437. The van der Waals surface area contributed by atoms with Crippen molar-refractivity contribution in [2.75, 3.05) is 7.11 Å². The molecule has 4 heteroatoms. The number of ether oxygens (including phenoxy) is 2. The smallest absolute Gasteiger partial charge is 0.127 e. The van der Waals surface area contributed by atoms with E-state index in [1.165, 1.54) is 0 Å². The van der Waals surface area contributed by atoms with E-state index in [1.54, 1.807) is 7.11 Å². The Morgan fingerprint density at radius 3 is 2.58 bits per heavy atom. The molecular formula is C15H14BrClO2. The largest absolute Gasteiger partial charge is 0.497 e. The second-order valence-corrected chi connectivity index (χ2v) is 4.96. The quantitative estimate of drug-likeness (QED) is 0.726. The van der Waals surface area contributed by atoms with E-state index in [0.29, 0.717) is 11.6 Å². The van der Waals surface area contributed by atoms with E-state index in [1.807, 2.05) is 42.5 Å². The van der Waals surface area contributed by atoms with E-state index < -0.39 is 0 Å². The number of halogens is 2. The van der Waals surface area contributed by atoms with Gasteiger partial charge in [-0.1, -0.05) is 51.8 Å². The molecular weight excluding hydrogens is 328 g/mol. The third-order valence-corrected chi connectivity index (χ3v) is 3.73. The van der Waals surface area contributed by atoms with E-state index >= 15 is 0 Å². The van der Waals surface area contributed by atoms with Gasteiger partial charge in [0.25, 0.3) is 0 Å². The Bertz CT molecular complexity index is 558. The Morgan fingerprint density at radius 2 is 1.89 bits per heavy atom. The summed E-state index contributed by atoms with van der Waals surface area (Å²) in [6, 6.07) is 13.4. The van der Waals surface area contributed by atoms with E-state index in [4.69, 9.17) is 21.1 Å². The van der Waals surface area contributed by atoms with Gasteiger partial charge in [0.1, 0.15) is 18.1 Å². The van der Waals surface area contributed by atoms with Gasteiger partial charge in [0, 0.05) is 27.5 Å². The normalized spacial score (nSPS) is 10.3. The summed E-state index contributed by atoms with van der Waals surface area (Å²) in [6.45, 7) is 0.437. The van der Waals surface area contributed by atoms with Crippen molar-refractivity contribution in [3.05, 3.63) is 58.6 Å². The molecule has 0 heterocycles. The summed E-state index contributed by atoms with van der Waals surface area (Å²) < 4.78 is 11.1. The zero-order chi connectivity index (χ0) is 13.7. The highest BCUT2D eigenvalue weighted by molar-refractivity contribution is 9.08. The SMILES string of the molecule is COc1ccc(CBr)c(OCc2ccccc2Cl)c1. The molecule has 0 fully saturated rings. The average Bonchev–Trinajstić information content (AvgIpc) is 2.46. The summed E-state index contributed by atoms with van der Waals surface area (Å²) in [5, 5.41) is 1.44. The highest BCUT2D eigenvalue weighted by Crippen LogP contribution is 2.28. The molecule has 0 unspecified atom stereocenters. The molecule has 100 valence electrons. The van der Waals surface area contributed by atoms with Gasteiger partial charge in [0.15, 0.2) is 0 Å². The van der Waals surface area contributed by atoms with Crippen LogP contribution in [0.25, 0.3) is 0 Å². The van der Waals surface area contributed by atoms with Crippen LogP contribution in [0.4, 0.5) is 0 Å². The Balaban J connectivity index is 2.16. The molecule has 0 saturated carbocycles. The minimum Gasteiger partial charge on any atom is -0.497 e. The van der Waals surface area contributed by atoms with Gasteiger partial charge in [-0.2, -0.15) is 0 Å². The second kappa shape index (κ2) is 6.83. The summed E-state index contributed by atoms with van der Waals surface area (Å²) in [6.07, 6.45) is 0. The molecule has 2 aromatic carbocycles. The van der Waals surface area contributed by atoms with Crippen molar-refractivity contribution in [3.8, 4) is 11.5 Å². The number of alkyl halides is 1. The fourth-order valence-corrected chi connectivity index (χ4v) is 2.33. The van der Waals surface area contributed by atoms with Crippen molar-refractivity contribution in [1.29, 1.82) is 0 Å². The van der Waals surface area contributed by atoms with Gasteiger partial charge in [-0.25, -0.2) is 0 Å². The summed E-state index contributed by atoms with van der Waals surface area (Å²) in [4.78, 5) is 0. The van der Waals surface area contributed by atoms with Gasteiger partial charge in [-0.15, -0.1) is 0 Å². The summed E-state index contributed by atoms with van der Waals surface area (Å²) in [7, 11) is 1.64. The Hall–Kier alpha value is -1.19. The van der Waals surface area contributed by atoms with Gasteiger partial charge in [0.2, 0.25) is 0 Å². The van der Waals surface area contributed by atoms with E-state index in [2.05, 4.69) is 15.9 Å². The molecule has 2 aromatic rings. The Labute approximate surface area is 126 Å². The first-order chi connectivity index (χ1) is 9.24. The lowest BCUT2D eigenvalue weighted by Gasteiger charge is -2.12. The first-order valence-electron chi connectivity index (χ1n) is 5.83. The van der Waals surface area contributed by atoms with Gasteiger partial charge < -0.3 is 9.47 Å². The Kier molecular flexibility index (Phi) is 5.11. The molecule has 0 N–H and O–H groups in total. The average molecular weight is 342 g/mol. The minimum absolute atomic E-state index is 0.437. The van der Waals surface area contributed by atoms with Crippen molar-refractivity contribution in [2.45, 2.75) is 11.9 Å². The molecule has 0 aliphatic rings. The van der Waals surface area contributed by atoms with Crippen LogP contribution in [0.5, 0.6) is 11.5 Å². The summed E-state index contributed by atoms with van der Waals surface area (Å²) in [5.74, 6) is 1.58. The highest BCUT2D eigenvalue weighted by atomic mass is 79.9. The fraction of sp³-hybridized carbons (Fsp3) is 0.200. The Morgan fingerprint density at radius 1 is 1.11 bits per heavy atom. The second-order valence-electron chi connectivity index (χ2n) is 3.99. The van der Waals surface area contributed by atoms with Gasteiger partial charge in [-0.3, -0.25) is 0 Å². The summed E-state index contributed by atoms with van der Waals surface area (Å²) >= 11 is 9.56. The first-order valence-corrected chi connectivity index (χ1v) is 7.33. The maximum Gasteiger partial charge on any atom is 0.127 e. The van der Waals surface area contributed by atoms with Crippen LogP contribution in [-0.4, -0.2) is 7.11 Å². The van der Waals surface area contributed by atoms with Crippen molar-refractivity contribution < 1.29 is 9.47 Å². The highest BCUT2D eigenvalue weighted by Gasteiger charge is 2.06. The fourth-order valence-electron chi connectivity index (χ4n) is 1.68. The molecule has 0 bridgehead atoms. The number of hydrogen-bond acceptors (Lipinski definition) is 2. The number of rotatable bonds is 5. The van der Waals surface area contributed by atoms with Crippen LogP contribution in [0.3, 0.4) is 0 Å². The molecule has 19 heavy (non-hydrogen) atoms. The molecule has 2 nitrogen and oxygen atoms in total. The van der Waals surface area contributed by atoms with Crippen LogP contribution in [0, 0.1) is 0 Å². The lowest BCUT2D eigenvalue weighted by Crippen LogP contribution is -1.99. The van der Waals surface area contributed by atoms with Gasteiger partial charge in [-0.05, 0) is 12.1 Å². The monoisotopic (exact) mass is 340 g/mol. The molecule has 0 amide bonds. The van der Waals surface area contributed by atoms with Gasteiger partial charge in [0.05, 0.1) is 7.11 Å². The van der Waals surface area contributed by atoms with Crippen molar-refractivity contribution >= 4 is 27.5 Å². The molecule has 0 radical (unpaired) electrons. The van der Waals surface area contributed by atoms with Crippen molar-refractivity contribution in [1.82, 2.24) is 0 Å². The lowest BCUT2D eigenvalue weighted by atomic mass is 10.2. The van der Waals surface area contributed by atoms with Crippen LogP contribution >= 0.6 is 27.5 Å². The van der Waals surface area contributed by atoms with Crippen LogP contribution < -0.4 is 9.47 Å². The van der Waals surface area contributed by atoms with E-state index in [-0.39, 0.29) is 0 Å². The van der Waals surface area contributed by atoms with Gasteiger partial charge >= 0.3 is 0 Å². The first kappa shape index (κ1) is 14.2. The maximum absolute atomic E-state index is 6.11. The lowest BCUT2D eigenvalue weighted by molar-refractivity contribution is 0.301. The maximum atomic E-state index is 6.11. The van der Waals surface area contributed by atoms with Crippen molar-refractivity contribution in [2.24, 2.45) is 0 Å². The molecule has 0 spiro atoms. The molecule has 0 aromatic heterocycles. The third-order valence-electron chi connectivity index (χ3n) is 2.76. The molecule has 0 aliphatic carbocycles. The van der Waals surface area contributed by atoms with Crippen LogP contribution in [-0.2, 0) is 11.9 Å². The van der Waals surface area contributed by atoms with Crippen LogP contribution in [0.1, 0.15) is 11.1 Å². The molecule has 0 aliphatic heterocycles. The number of benzene rings is 2. The predicted octanol–water partition coefficient (Wildman–Crippen LogP) is 4.82. The molecule has 2 rings (SSSR count). The molecule has 0 atom stereocenters. The topological polar surface area (TPSA) is 18.5 Å². The molecule has 0 saturated heterocycles. The third kappa shape index (κ3) is 3.64. The zero-order valence-electron chi connectivity index (χ0n) is 10.5. The predicted molar refractivity (Wildman–Crippen MR) is 81.4 cm³/mol.